The van der Waals surface area contributed by atoms with Crippen molar-refractivity contribution in [1.82, 2.24) is 4.90 Å². The van der Waals surface area contributed by atoms with Crippen LogP contribution in [-0.2, 0) is 4.79 Å². The Hall–Kier alpha value is -2.57. The van der Waals surface area contributed by atoms with E-state index in [-0.39, 0.29) is 11.8 Å². The summed E-state index contributed by atoms with van der Waals surface area (Å²) in [5, 5.41) is 0. The first-order valence-corrected chi connectivity index (χ1v) is 7.60. The second-order valence-electron chi connectivity index (χ2n) is 5.86. The van der Waals surface area contributed by atoms with Crippen LogP contribution in [0.25, 0.3) is 0 Å². The van der Waals surface area contributed by atoms with Gasteiger partial charge in [0.1, 0.15) is 0 Å². The van der Waals surface area contributed by atoms with Crippen molar-refractivity contribution in [1.29, 1.82) is 0 Å². The smallest absolute Gasteiger partial charge is 0.231 e. The molecule has 0 saturated carbocycles. The molecule has 1 atom stereocenters. The minimum absolute atomic E-state index is 0.0854. The lowest BCUT2D eigenvalue weighted by Crippen LogP contribution is -2.35. The highest BCUT2D eigenvalue weighted by atomic mass is 19.1. The van der Waals surface area contributed by atoms with Gasteiger partial charge in [-0.2, -0.15) is 0 Å². The SMILES string of the molecule is CN(C)C(=O)C1CCCC(/C=C(\N)Oc2c(F)cccc2F)=C1N. The molecule has 5 nitrogen and oxygen atoms in total. The van der Waals surface area contributed by atoms with Crippen LogP contribution < -0.4 is 16.2 Å². The molecule has 1 aromatic carbocycles. The number of hydrogen-bond donors (Lipinski definition) is 2. The third-order valence-electron chi connectivity index (χ3n) is 3.88. The lowest BCUT2D eigenvalue weighted by Gasteiger charge is -2.26. The van der Waals surface area contributed by atoms with Crippen LogP contribution >= 0.6 is 0 Å². The zero-order valence-electron chi connectivity index (χ0n) is 13.7. The zero-order chi connectivity index (χ0) is 17.9. The van der Waals surface area contributed by atoms with Crippen LogP contribution in [-0.4, -0.2) is 24.9 Å². The molecule has 0 fully saturated rings. The predicted molar refractivity (Wildman–Crippen MR) is 86.5 cm³/mol. The number of para-hydroxylation sites is 1. The summed E-state index contributed by atoms with van der Waals surface area (Å²) < 4.78 is 32.3. The third-order valence-corrected chi connectivity index (χ3v) is 3.88. The van der Waals surface area contributed by atoms with Crippen LogP contribution in [0.4, 0.5) is 8.78 Å². The molecule has 0 bridgehead atoms. The van der Waals surface area contributed by atoms with Gasteiger partial charge < -0.3 is 21.1 Å². The lowest BCUT2D eigenvalue weighted by atomic mass is 9.86. The van der Waals surface area contributed by atoms with Crippen LogP contribution in [0.3, 0.4) is 0 Å². The van der Waals surface area contributed by atoms with Gasteiger partial charge in [0.15, 0.2) is 17.5 Å². The molecule has 24 heavy (non-hydrogen) atoms. The maximum atomic E-state index is 13.6. The number of ether oxygens (including phenoxy) is 1. The first kappa shape index (κ1) is 17.8. The molecule has 7 heteroatoms. The molecule has 0 aromatic heterocycles. The molecule has 2 rings (SSSR count). The van der Waals surface area contributed by atoms with Crippen molar-refractivity contribution in [3.05, 3.63) is 53.1 Å². The second-order valence-corrected chi connectivity index (χ2v) is 5.86. The molecule has 0 saturated heterocycles. The number of allylic oxidation sites excluding steroid dienone is 2. The van der Waals surface area contributed by atoms with Crippen LogP contribution in [0, 0.1) is 17.6 Å². The van der Waals surface area contributed by atoms with Crippen LogP contribution in [0.5, 0.6) is 5.75 Å². The van der Waals surface area contributed by atoms with E-state index >= 15 is 0 Å². The van der Waals surface area contributed by atoms with E-state index in [1.165, 1.54) is 17.0 Å². The summed E-state index contributed by atoms with van der Waals surface area (Å²) in [5.74, 6) is -2.96. The number of carbonyl (C=O) groups is 1. The molecular formula is C17H21F2N3O2. The Morgan fingerprint density at radius 2 is 1.96 bits per heavy atom. The van der Waals surface area contributed by atoms with Crippen LogP contribution in [0.1, 0.15) is 19.3 Å². The van der Waals surface area contributed by atoms with Gasteiger partial charge in [-0.3, -0.25) is 4.79 Å². The Morgan fingerprint density at radius 3 is 2.54 bits per heavy atom. The average molecular weight is 337 g/mol. The lowest BCUT2D eigenvalue weighted by molar-refractivity contribution is -0.132. The van der Waals surface area contributed by atoms with E-state index in [2.05, 4.69) is 0 Å². The molecule has 0 radical (unpaired) electrons. The monoisotopic (exact) mass is 337 g/mol. The molecule has 1 aliphatic rings. The van der Waals surface area contributed by atoms with Crippen molar-refractivity contribution in [3.63, 3.8) is 0 Å². The van der Waals surface area contributed by atoms with Crippen molar-refractivity contribution in [2.75, 3.05) is 14.1 Å². The normalized spacial score (nSPS) is 18.5. The maximum Gasteiger partial charge on any atom is 0.231 e. The van der Waals surface area contributed by atoms with E-state index in [0.29, 0.717) is 24.1 Å². The number of nitrogens with two attached hydrogens (primary N) is 2. The molecule has 0 heterocycles. The topological polar surface area (TPSA) is 81.6 Å². The van der Waals surface area contributed by atoms with Gasteiger partial charge in [0, 0.05) is 25.9 Å². The molecule has 4 N–H and O–H groups in total. The molecular weight excluding hydrogens is 316 g/mol. The van der Waals surface area contributed by atoms with Crippen LogP contribution in [0.15, 0.2) is 41.4 Å². The number of rotatable bonds is 4. The minimum atomic E-state index is -0.849. The summed E-state index contributed by atoms with van der Waals surface area (Å²) in [4.78, 5) is 13.6. The van der Waals surface area contributed by atoms with Crippen molar-refractivity contribution in [2.24, 2.45) is 17.4 Å². The Morgan fingerprint density at radius 1 is 1.33 bits per heavy atom. The predicted octanol–water partition coefficient (Wildman–Crippen LogP) is 2.24. The quantitative estimate of drug-likeness (QED) is 0.826. The highest BCUT2D eigenvalue weighted by Crippen LogP contribution is 2.30. The highest BCUT2D eigenvalue weighted by molar-refractivity contribution is 5.81. The van der Waals surface area contributed by atoms with Gasteiger partial charge in [-0.05, 0) is 37.0 Å². The molecule has 1 aliphatic carbocycles. The molecule has 1 aromatic rings. The fraction of sp³-hybridized carbons (Fsp3) is 0.353. The Labute approximate surface area is 139 Å². The average Bonchev–Trinajstić information content (AvgIpc) is 2.52. The Bertz CT molecular complexity index is 679. The van der Waals surface area contributed by atoms with E-state index in [0.717, 1.165) is 18.6 Å². The minimum Gasteiger partial charge on any atom is -0.435 e. The van der Waals surface area contributed by atoms with E-state index in [1.807, 2.05) is 0 Å². The summed E-state index contributed by atoms with van der Waals surface area (Å²) in [6.07, 6.45) is 3.46. The van der Waals surface area contributed by atoms with Crippen molar-refractivity contribution in [2.45, 2.75) is 19.3 Å². The van der Waals surface area contributed by atoms with Gasteiger partial charge in [0.2, 0.25) is 11.7 Å². The van der Waals surface area contributed by atoms with Gasteiger partial charge >= 0.3 is 0 Å². The van der Waals surface area contributed by atoms with Gasteiger partial charge in [-0.25, -0.2) is 8.78 Å². The highest BCUT2D eigenvalue weighted by Gasteiger charge is 2.27. The number of hydrogen-bond acceptors (Lipinski definition) is 4. The van der Waals surface area contributed by atoms with Gasteiger partial charge in [-0.1, -0.05) is 6.07 Å². The van der Waals surface area contributed by atoms with E-state index in [1.54, 1.807) is 14.1 Å². The number of carbonyl (C=O) groups excluding carboxylic acids is 1. The number of nitrogens with zero attached hydrogens (tertiary/aromatic N) is 1. The van der Waals surface area contributed by atoms with Gasteiger partial charge in [0.25, 0.3) is 0 Å². The summed E-state index contributed by atoms with van der Waals surface area (Å²) in [7, 11) is 3.33. The van der Waals surface area contributed by atoms with Crippen molar-refractivity contribution in [3.8, 4) is 5.75 Å². The summed E-state index contributed by atoms with van der Waals surface area (Å²) in [6.45, 7) is 0. The molecule has 0 spiro atoms. The maximum absolute atomic E-state index is 13.6. The van der Waals surface area contributed by atoms with Gasteiger partial charge in [-0.15, -0.1) is 0 Å². The Kier molecular flexibility index (Phi) is 5.43. The molecule has 0 aliphatic heterocycles. The van der Waals surface area contributed by atoms with Crippen LogP contribution in [0.2, 0.25) is 0 Å². The largest absolute Gasteiger partial charge is 0.435 e. The number of halogens is 2. The van der Waals surface area contributed by atoms with Gasteiger partial charge in [0.05, 0.1) is 5.92 Å². The first-order valence-electron chi connectivity index (χ1n) is 7.60. The van der Waals surface area contributed by atoms with E-state index < -0.39 is 23.3 Å². The summed E-state index contributed by atoms with van der Waals surface area (Å²) in [6, 6.07) is 3.38. The fourth-order valence-electron chi connectivity index (χ4n) is 2.64. The fourth-order valence-corrected chi connectivity index (χ4v) is 2.64. The van der Waals surface area contributed by atoms with Crippen molar-refractivity contribution >= 4 is 5.91 Å². The zero-order valence-corrected chi connectivity index (χ0v) is 13.7. The standard InChI is InChI=1S/C17H21F2N3O2/c1-22(2)17(23)11-6-3-5-10(15(11)21)9-14(20)24-16-12(18)7-4-8-13(16)19/h4,7-9,11H,3,5-6,20-21H2,1-2H3/b14-9+. The summed E-state index contributed by atoms with van der Waals surface area (Å²) in [5.41, 5.74) is 12.9. The molecule has 1 unspecified atom stereocenters. The molecule has 1 amide bonds. The van der Waals surface area contributed by atoms with Crippen molar-refractivity contribution < 1.29 is 18.3 Å². The molecule has 130 valence electrons. The van der Waals surface area contributed by atoms with E-state index in [4.69, 9.17) is 16.2 Å². The third kappa shape index (κ3) is 3.84. The second kappa shape index (κ2) is 7.33. The summed E-state index contributed by atoms with van der Waals surface area (Å²) >= 11 is 0. The number of benzene rings is 1. The number of amides is 1. The van der Waals surface area contributed by atoms with E-state index in [9.17, 15) is 13.6 Å². The Balaban J connectivity index is 2.25. The first-order chi connectivity index (χ1) is 11.3.